The van der Waals surface area contributed by atoms with Crippen molar-refractivity contribution < 1.29 is 14.3 Å². The third-order valence-electron chi connectivity index (χ3n) is 7.26. The van der Waals surface area contributed by atoms with Crippen LogP contribution in [0.2, 0.25) is 0 Å². The van der Waals surface area contributed by atoms with Gasteiger partial charge in [-0.1, -0.05) is 43.7 Å². The molecule has 1 aromatic heterocycles. The molecule has 0 atom stereocenters. The van der Waals surface area contributed by atoms with E-state index in [1.165, 1.54) is 0 Å². The molecule has 2 amide bonds. The third-order valence-corrected chi connectivity index (χ3v) is 7.26. The fourth-order valence-corrected chi connectivity index (χ4v) is 4.91. The van der Waals surface area contributed by atoms with E-state index in [1.54, 1.807) is 18.3 Å². The summed E-state index contributed by atoms with van der Waals surface area (Å²) in [6, 6.07) is 22.8. The molecule has 8 nitrogen and oxygen atoms in total. The summed E-state index contributed by atoms with van der Waals surface area (Å²) in [4.78, 5) is 36.9. The quantitative estimate of drug-likeness (QED) is 0.256. The van der Waals surface area contributed by atoms with Crippen molar-refractivity contribution in [1.29, 1.82) is 0 Å². The zero-order valence-electron chi connectivity index (χ0n) is 23.5. The number of ether oxygens (including phenoxy) is 1. The Labute approximate surface area is 240 Å². The minimum Gasteiger partial charge on any atom is -0.378 e. The van der Waals surface area contributed by atoms with Gasteiger partial charge in [-0.05, 0) is 73.4 Å². The van der Waals surface area contributed by atoms with Crippen LogP contribution in [0.4, 0.5) is 17.3 Å². The van der Waals surface area contributed by atoms with E-state index < -0.39 is 0 Å². The van der Waals surface area contributed by atoms with E-state index >= 15 is 0 Å². The summed E-state index contributed by atoms with van der Waals surface area (Å²) in [7, 11) is 0. The highest BCUT2D eigenvalue weighted by Gasteiger charge is 2.18. The molecule has 2 N–H and O–H groups in total. The minimum atomic E-state index is -0.113. The van der Waals surface area contributed by atoms with Gasteiger partial charge in [0.25, 0.3) is 11.8 Å². The maximum Gasteiger partial charge on any atom is 0.255 e. The Morgan fingerprint density at radius 3 is 2.51 bits per heavy atom. The van der Waals surface area contributed by atoms with Gasteiger partial charge in [-0.25, -0.2) is 9.97 Å². The van der Waals surface area contributed by atoms with Gasteiger partial charge in [-0.2, -0.15) is 0 Å². The largest absolute Gasteiger partial charge is 0.378 e. The fourth-order valence-electron chi connectivity index (χ4n) is 4.91. The molecule has 0 bridgehead atoms. The van der Waals surface area contributed by atoms with Gasteiger partial charge in [0, 0.05) is 47.4 Å². The first-order chi connectivity index (χ1) is 20.0. The number of hydrogen-bond acceptors (Lipinski definition) is 6. The van der Waals surface area contributed by atoms with Gasteiger partial charge in [-0.3, -0.25) is 9.59 Å². The van der Waals surface area contributed by atoms with Crippen LogP contribution < -0.4 is 10.6 Å². The molecule has 3 aromatic carbocycles. The fraction of sp³-hybridized carbons (Fsp3) is 0.273. The Morgan fingerprint density at radius 2 is 1.73 bits per heavy atom. The van der Waals surface area contributed by atoms with Crippen LogP contribution in [0.25, 0.3) is 11.3 Å². The molecule has 4 aromatic rings. The Kier molecular flexibility index (Phi) is 9.01. The molecule has 1 aliphatic rings. The van der Waals surface area contributed by atoms with E-state index in [0.29, 0.717) is 43.4 Å². The number of nitrogens with one attached hydrogen (secondary N) is 2. The first-order valence-corrected chi connectivity index (χ1v) is 14.1. The van der Waals surface area contributed by atoms with Crippen LogP contribution in [0, 0.1) is 6.92 Å². The van der Waals surface area contributed by atoms with Crippen LogP contribution in [0.1, 0.15) is 51.6 Å². The van der Waals surface area contributed by atoms with Crippen LogP contribution in [0.15, 0.2) is 79.0 Å². The van der Waals surface area contributed by atoms with Crippen LogP contribution in [-0.2, 0) is 11.2 Å². The SMILES string of the molecule is CCCCc1ccccc1C(=O)Nc1cccc(-c2ccnc(Nc3ccc(C(=O)N4CCOCC4)cc3)n2)c1C. The number of amides is 2. The summed E-state index contributed by atoms with van der Waals surface area (Å²) < 4.78 is 5.34. The average molecular weight is 550 g/mol. The Hall–Kier alpha value is -4.56. The number of benzene rings is 3. The predicted molar refractivity (Wildman–Crippen MR) is 162 cm³/mol. The number of morpholine rings is 1. The number of hydrogen-bond donors (Lipinski definition) is 2. The number of anilines is 3. The molecule has 0 aliphatic carbocycles. The second-order valence-corrected chi connectivity index (χ2v) is 10.1. The van der Waals surface area contributed by atoms with E-state index in [2.05, 4.69) is 22.5 Å². The number of aromatic nitrogens is 2. The third kappa shape index (κ3) is 6.78. The summed E-state index contributed by atoms with van der Waals surface area (Å²) in [5.74, 6) is 0.330. The number of nitrogens with zero attached hydrogens (tertiary/aromatic N) is 3. The van der Waals surface area contributed by atoms with Crippen LogP contribution in [-0.4, -0.2) is 53.0 Å². The number of carbonyl (C=O) groups excluding carboxylic acids is 2. The standard InChI is InChI=1S/C33H35N5O3/c1-3-4-8-24-9-5-6-10-28(24)31(39)36-29-12-7-11-27(23(29)2)30-17-18-34-33(37-30)35-26-15-13-25(14-16-26)32(40)38-19-21-41-22-20-38/h5-7,9-18H,3-4,8,19-22H2,1-2H3,(H,36,39)(H,34,35,37). The first-order valence-electron chi connectivity index (χ1n) is 14.1. The molecule has 8 heteroatoms. The number of unbranched alkanes of at least 4 members (excludes halogenated alkanes) is 1. The zero-order valence-corrected chi connectivity index (χ0v) is 23.5. The topological polar surface area (TPSA) is 96.5 Å². The molecule has 0 unspecified atom stereocenters. The molecule has 210 valence electrons. The second-order valence-electron chi connectivity index (χ2n) is 10.1. The summed E-state index contributed by atoms with van der Waals surface area (Å²) in [5.41, 5.74) is 6.48. The van der Waals surface area contributed by atoms with Crippen molar-refractivity contribution in [1.82, 2.24) is 14.9 Å². The highest BCUT2D eigenvalue weighted by atomic mass is 16.5. The molecule has 5 rings (SSSR count). The van der Waals surface area contributed by atoms with Crippen molar-refractivity contribution in [2.24, 2.45) is 0 Å². The van der Waals surface area contributed by atoms with E-state index in [1.807, 2.05) is 72.5 Å². The lowest BCUT2D eigenvalue weighted by molar-refractivity contribution is 0.0303. The second kappa shape index (κ2) is 13.2. The lowest BCUT2D eigenvalue weighted by atomic mass is 10.0. The number of aryl methyl sites for hydroxylation is 1. The van der Waals surface area contributed by atoms with Crippen LogP contribution in [0.5, 0.6) is 0 Å². The molecule has 0 saturated carbocycles. The number of rotatable bonds is 9. The van der Waals surface area contributed by atoms with Gasteiger partial charge in [-0.15, -0.1) is 0 Å². The van der Waals surface area contributed by atoms with Crippen molar-refractivity contribution in [2.75, 3.05) is 36.9 Å². The average Bonchev–Trinajstić information content (AvgIpc) is 3.02. The van der Waals surface area contributed by atoms with E-state index in [9.17, 15) is 9.59 Å². The van der Waals surface area contributed by atoms with Gasteiger partial charge >= 0.3 is 0 Å². The molecule has 1 aliphatic heterocycles. The van der Waals surface area contributed by atoms with E-state index in [0.717, 1.165) is 53.0 Å². The molecular formula is C33H35N5O3. The van der Waals surface area contributed by atoms with Gasteiger partial charge < -0.3 is 20.3 Å². The normalized spacial score (nSPS) is 13.1. The summed E-state index contributed by atoms with van der Waals surface area (Å²) in [6.07, 6.45) is 4.70. The van der Waals surface area contributed by atoms with Crippen LogP contribution in [0.3, 0.4) is 0 Å². The summed E-state index contributed by atoms with van der Waals surface area (Å²) in [6.45, 7) is 6.48. The molecule has 41 heavy (non-hydrogen) atoms. The Balaban J connectivity index is 1.30. The maximum atomic E-state index is 13.2. The number of carbonyl (C=O) groups is 2. The summed E-state index contributed by atoms with van der Waals surface area (Å²) in [5, 5.41) is 6.34. The van der Waals surface area contributed by atoms with Crippen molar-refractivity contribution in [2.45, 2.75) is 33.1 Å². The smallest absolute Gasteiger partial charge is 0.255 e. The lowest BCUT2D eigenvalue weighted by Gasteiger charge is -2.26. The molecule has 0 spiro atoms. The van der Waals surface area contributed by atoms with Gasteiger partial charge in [0.1, 0.15) is 0 Å². The van der Waals surface area contributed by atoms with Gasteiger partial charge in [0.2, 0.25) is 5.95 Å². The van der Waals surface area contributed by atoms with E-state index in [-0.39, 0.29) is 11.8 Å². The molecule has 1 saturated heterocycles. The highest BCUT2D eigenvalue weighted by Crippen LogP contribution is 2.29. The van der Waals surface area contributed by atoms with Crippen molar-refractivity contribution in [3.05, 3.63) is 101 Å². The van der Waals surface area contributed by atoms with Gasteiger partial charge in [0.05, 0.1) is 18.9 Å². The minimum absolute atomic E-state index is 0.00462. The monoisotopic (exact) mass is 549 g/mol. The summed E-state index contributed by atoms with van der Waals surface area (Å²) >= 11 is 0. The lowest BCUT2D eigenvalue weighted by Crippen LogP contribution is -2.40. The van der Waals surface area contributed by atoms with Crippen molar-refractivity contribution >= 4 is 29.1 Å². The maximum absolute atomic E-state index is 13.2. The predicted octanol–water partition coefficient (Wildman–Crippen LogP) is 6.26. The van der Waals surface area contributed by atoms with Crippen LogP contribution >= 0.6 is 0 Å². The Bertz CT molecular complexity index is 1510. The first kappa shape index (κ1) is 28.0. The van der Waals surface area contributed by atoms with Gasteiger partial charge in [0.15, 0.2) is 0 Å². The Morgan fingerprint density at radius 1 is 0.951 bits per heavy atom. The van der Waals surface area contributed by atoms with E-state index in [4.69, 9.17) is 9.72 Å². The molecule has 1 fully saturated rings. The van der Waals surface area contributed by atoms with Crippen molar-refractivity contribution in [3.8, 4) is 11.3 Å². The molecule has 0 radical (unpaired) electrons. The van der Waals surface area contributed by atoms with Crippen molar-refractivity contribution in [3.63, 3.8) is 0 Å². The highest BCUT2D eigenvalue weighted by molar-refractivity contribution is 6.06. The zero-order chi connectivity index (χ0) is 28.6. The molecule has 2 heterocycles. The molecular weight excluding hydrogens is 514 g/mol.